The van der Waals surface area contributed by atoms with E-state index >= 15 is 0 Å². The zero-order valence-electron chi connectivity index (χ0n) is 10.3. The highest BCUT2D eigenvalue weighted by molar-refractivity contribution is 7.88. The number of rotatable bonds is 7. The molecule has 0 aromatic rings. The molecule has 0 aliphatic carbocycles. The first-order chi connectivity index (χ1) is 6.87. The van der Waals surface area contributed by atoms with Gasteiger partial charge in [-0.2, -0.15) is 4.31 Å². The second kappa shape index (κ2) is 5.82. The molecule has 0 bridgehead atoms. The normalized spacial score (nSPS) is 13.5. The smallest absolute Gasteiger partial charge is 0.211 e. The van der Waals surface area contributed by atoms with E-state index in [1.807, 2.05) is 20.8 Å². The van der Waals surface area contributed by atoms with Crippen molar-refractivity contribution < 1.29 is 8.42 Å². The van der Waals surface area contributed by atoms with E-state index in [2.05, 4.69) is 0 Å². The minimum absolute atomic E-state index is 0.382. The molecule has 0 amide bonds. The number of hydrogen-bond acceptors (Lipinski definition) is 3. The SMILES string of the molecule is CCCN(C(CC)(CC)CN)S(C)(=O)=O. The van der Waals surface area contributed by atoms with Crippen molar-refractivity contribution in [2.75, 3.05) is 19.3 Å². The Morgan fingerprint density at radius 1 is 1.20 bits per heavy atom. The van der Waals surface area contributed by atoms with Gasteiger partial charge in [-0.05, 0) is 19.3 Å². The highest BCUT2D eigenvalue weighted by atomic mass is 32.2. The van der Waals surface area contributed by atoms with Gasteiger partial charge in [-0.1, -0.05) is 20.8 Å². The molecule has 5 heteroatoms. The van der Waals surface area contributed by atoms with Crippen molar-refractivity contribution in [3.05, 3.63) is 0 Å². The summed E-state index contributed by atoms with van der Waals surface area (Å²) in [7, 11) is -3.17. The van der Waals surface area contributed by atoms with E-state index in [0.29, 0.717) is 13.1 Å². The van der Waals surface area contributed by atoms with Crippen molar-refractivity contribution in [2.24, 2.45) is 5.73 Å². The number of hydrogen-bond donors (Lipinski definition) is 1. The standard InChI is InChI=1S/C10H24N2O2S/c1-5-8-12(15(4,13)14)10(6-2,7-3)9-11/h5-9,11H2,1-4H3. The van der Waals surface area contributed by atoms with Crippen LogP contribution in [0, 0.1) is 0 Å². The van der Waals surface area contributed by atoms with E-state index in [1.165, 1.54) is 6.26 Å². The minimum atomic E-state index is -3.17. The molecule has 15 heavy (non-hydrogen) atoms. The molecule has 0 fully saturated rings. The molecule has 0 unspecified atom stereocenters. The molecule has 0 aromatic carbocycles. The number of sulfonamides is 1. The fourth-order valence-electron chi connectivity index (χ4n) is 1.95. The van der Waals surface area contributed by atoms with Gasteiger partial charge in [0.15, 0.2) is 0 Å². The molecule has 0 radical (unpaired) electrons. The lowest BCUT2D eigenvalue weighted by atomic mass is 9.93. The molecule has 0 rings (SSSR count). The van der Waals surface area contributed by atoms with Gasteiger partial charge >= 0.3 is 0 Å². The highest BCUT2D eigenvalue weighted by Gasteiger charge is 2.37. The lowest BCUT2D eigenvalue weighted by Crippen LogP contribution is -2.55. The summed E-state index contributed by atoms with van der Waals surface area (Å²) in [6, 6.07) is 0. The van der Waals surface area contributed by atoms with Gasteiger partial charge in [0.05, 0.1) is 6.26 Å². The van der Waals surface area contributed by atoms with Gasteiger partial charge in [0.1, 0.15) is 0 Å². The van der Waals surface area contributed by atoms with Gasteiger partial charge in [0.2, 0.25) is 10.0 Å². The molecule has 0 aliphatic rings. The van der Waals surface area contributed by atoms with Gasteiger partial charge in [-0.3, -0.25) is 0 Å². The fraction of sp³-hybridized carbons (Fsp3) is 1.00. The monoisotopic (exact) mass is 236 g/mol. The Bertz CT molecular complexity index is 263. The third-order valence-electron chi connectivity index (χ3n) is 3.05. The summed E-state index contributed by atoms with van der Waals surface area (Å²) in [6.45, 7) is 6.89. The first-order valence-corrected chi connectivity index (χ1v) is 7.40. The molecule has 0 atom stereocenters. The van der Waals surface area contributed by atoms with Crippen molar-refractivity contribution in [1.82, 2.24) is 4.31 Å². The van der Waals surface area contributed by atoms with Crippen LogP contribution in [0.3, 0.4) is 0 Å². The summed E-state index contributed by atoms with van der Waals surface area (Å²) in [5.74, 6) is 0. The van der Waals surface area contributed by atoms with Gasteiger partial charge in [0.25, 0.3) is 0 Å². The zero-order chi connectivity index (χ0) is 12.1. The van der Waals surface area contributed by atoms with Crippen molar-refractivity contribution in [1.29, 1.82) is 0 Å². The molecular weight excluding hydrogens is 212 g/mol. The van der Waals surface area contributed by atoms with Crippen LogP contribution in [0.15, 0.2) is 0 Å². The second-order valence-corrected chi connectivity index (χ2v) is 5.88. The lowest BCUT2D eigenvalue weighted by molar-refractivity contribution is 0.179. The van der Waals surface area contributed by atoms with Crippen LogP contribution in [0.5, 0.6) is 0 Å². The molecule has 0 saturated carbocycles. The predicted octanol–water partition coefficient (Wildman–Crippen LogP) is 1.18. The Kier molecular flexibility index (Phi) is 5.77. The highest BCUT2D eigenvalue weighted by Crippen LogP contribution is 2.25. The first kappa shape index (κ1) is 14.9. The maximum Gasteiger partial charge on any atom is 0.211 e. The summed E-state index contributed by atoms with van der Waals surface area (Å²) >= 11 is 0. The Labute approximate surface area is 93.9 Å². The van der Waals surface area contributed by atoms with Crippen LogP contribution in [-0.2, 0) is 10.0 Å². The molecule has 0 saturated heterocycles. The van der Waals surface area contributed by atoms with E-state index in [0.717, 1.165) is 19.3 Å². The molecule has 0 aromatic heterocycles. The third kappa shape index (κ3) is 3.43. The maximum atomic E-state index is 11.7. The van der Waals surface area contributed by atoms with Crippen LogP contribution in [0.4, 0.5) is 0 Å². The van der Waals surface area contributed by atoms with Crippen LogP contribution in [0.2, 0.25) is 0 Å². The predicted molar refractivity (Wildman–Crippen MR) is 64.2 cm³/mol. The van der Waals surface area contributed by atoms with Crippen LogP contribution in [0.1, 0.15) is 40.0 Å². The van der Waals surface area contributed by atoms with Gasteiger partial charge in [0, 0.05) is 18.6 Å². The molecule has 4 nitrogen and oxygen atoms in total. The summed E-state index contributed by atoms with van der Waals surface area (Å²) in [6.07, 6.45) is 3.59. The van der Waals surface area contributed by atoms with Crippen molar-refractivity contribution >= 4 is 10.0 Å². The van der Waals surface area contributed by atoms with Crippen molar-refractivity contribution in [3.8, 4) is 0 Å². The zero-order valence-corrected chi connectivity index (χ0v) is 11.1. The van der Waals surface area contributed by atoms with Crippen LogP contribution in [-0.4, -0.2) is 37.6 Å². The van der Waals surface area contributed by atoms with E-state index in [9.17, 15) is 8.42 Å². The second-order valence-electron chi connectivity index (χ2n) is 3.97. The average Bonchev–Trinajstić information content (AvgIpc) is 2.18. The average molecular weight is 236 g/mol. The third-order valence-corrected chi connectivity index (χ3v) is 4.42. The van der Waals surface area contributed by atoms with E-state index in [1.54, 1.807) is 4.31 Å². The maximum absolute atomic E-state index is 11.7. The number of nitrogens with zero attached hydrogens (tertiary/aromatic N) is 1. The number of nitrogens with two attached hydrogens (primary N) is 1. The van der Waals surface area contributed by atoms with Crippen LogP contribution >= 0.6 is 0 Å². The Balaban J connectivity index is 5.19. The molecule has 0 spiro atoms. The van der Waals surface area contributed by atoms with Crippen LogP contribution in [0.25, 0.3) is 0 Å². The van der Waals surface area contributed by atoms with E-state index in [-0.39, 0.29) is 0 Å². The molecule has 2 N–H and O–H groups in total. The Morgan fingerprint density at radius 2 is 1.67 bits per heavy atom. The first-order valence-electron chi connectivity index (χ1n) is 5.55. The van der Waals surface area contributed by atoms with Crippen LogP contribution < -0.4 is 5.73 Å². The quantitative estimate of drug-likeness (QED) is 0.722. The van der Waals surface area contributed by atoms with Crippen molar-refractivity contribution in [3.63, 3.8) is 0 Å². The topological polar surface area (TPSA) is 63.4 Å². The Morgan fingerprint density at radius 3 is 1.87 bits per heavy atom. The van der Waals surface area contributed by atoms with Crippen molar-refractivity contribution in [2.45, 2.75) is 45.6 Å². The minimum Gasteiger partial charge on any atom is -0.329 e. The largest absolute Gasteiger partial charge is 0.329 e. The summed E-state index contributed by atoms with van der Waals surface area (Å²) in [4.78, 5) is 0. The summed E-state index contributed by atoms with van der Waals surface area (Å²) < 4.78 is 25.0. The van der Waals surface area contributed by atoms with Gasteiger partial charge in [-0.15, -0.1) is 0 Å². The molecule has 0 aliphatic heterocycles. The Hall–Kier alpha value is -0.130. The lowest BCUT2D eigenvalue weighted by Gasteiger charge is -2.40. The van der Waals surface area contributed by atoms with E-state index < -0.39 is 15.6 Å². The molecular formula is C10H24N2O2S. The van der Waals surface area contributed by atoms with Gasteiger partial charge in [-0.25, -0.2) is 8.42 Å². The molecule has 0 heterocycles. The van der Waals surface area contributed by atoms with E-state index in [4.69, 9.17) is 5.73 Å². The fourth-order valence-corrected chi connectivity index (χ4v) is 3.50. The molecule has 92 valence electrons. The summed E-state index contributed by atoms with van der Waals surface area (Å²) in [5, 5.41) is 0. The summed E-state index contributed by atoms with van der Waals surface area (Å²) in [5.41, 5.74) is 5.35. The van der Waals surface area contributed by atoms with Gasteiger partial charge < -0.3 is 5.73 Å².